The summed E-state index contributed by atoms with van der Waals surface area (Å²) in [6.45, 7) is 1.99. The summed E-state index contributed by atoms with van der Waals surface area (Å²) in [6, 6.07) is 8.43. The van der Waals surface area contributed by atoms with Crippen molar-refractivity contribution >= 4 is 47.2 Å². The van der Waals surface area contributed by atoms with Crippen molar-refractivity contribution in [2.75, 3.05) is 27.2 Å². The first-order valence-electron chi connectivity index (χ1n) is 11.1. The van der Waals surface area contributed by atoms with Gasteiger partial charge in [0, 0.05) is 24.7 Å². The molecule has 0 aromatic heterocycles. The first kappa shape index (κ1) is 26.5. The third kappa shape index (κ3) is 5.13. The van der Waals surface area contributed by atoms with Crippen LogP contribution in [0.3, 0.4) is 0 Å². The van der Waals surface area contributed by atoms with Gasteiger partial charge in [-0.05, 0) is 68.1 Å². The largest absolute Gasteiger partial charge is 0.490 e. The molecule has 1 saturated heterocycles. The van der Waals surface area contributed by atoms with E-state index >= 15 is 0 Å². The van der Waals surface area contributed by atoms with Crippen molar-refractivity contribution in [3.05, 3.63) is 67.2 Å². The molecule has 34 heavy (non-hydrogen) atoms. The number of carbonyl (C=O) groups excluding carboxylic acids is 1. The van der Waals surface area contributed by atoms with Crippen LogP contribution >= 0.6 is 35.6 Å². The average Bonchev–Trinajstić information content (AvgIpc) is 3.34. The van der Waals surface area contributed by atoms with Gasteiger partial charge in [-0.3, -0.25) is 19.8 Å². The molecule has 2 aromatic rings. The van der Waals surface area contributed by atoms with Gasteiger partial charge in [-0.15, -0.1) is 12.4 Å². The molecule has 7 nitrogen and oxygen atoms in total. The average molecular weight is 529 g/mol. The zero-order valence-electron chi connectivity index (χ0n) is 19.1. The second-order valence-corrected chi connectivity index (χ2v) is 9.48. The fourth-order valence-electron chi connectivity index (χ4n) is 5.22. The summed E-state index contributed by atoms with van der Waals surface area (Å²) in [5.74, 6) is 0.250. The predicted molar refractivity (Wildman–Crippen MR) is 135 cm³/mol. The quantitative estimate of drug-likeness (QED) is 0.366. The lowest BCUT2D eigenvalue weighted by Gasteiger charge is -2.43. The minimum Gasteiger partial charge on any atom is -0.490 e. The Morgan fingerprint density at radius 2 is 1.91 bits per heavy atom. The second-order valence-electron chi connectivity index (χ2n) is 8.67. The number of halogens is 3. The number of hydrogen-bond donors (Lipinski definition) is 0. The Hall–Kier alpha value is -2.06. The molecule has 0 bridgehead atoms. The normalized spacial score (nSPS) is 19.8. The molecular formula is C24H28Cl3N3O4. The van der Waals surface area contributed by atoms with Gasteiger partial charge in [-0.2, -0.15) is 0 Å². The monoisotopic (exact) mass is 527 g/mol. The molecule has 10 heteroatoms. The van der Waals surface area contributed by atoms with Crippen LogP contribution in [0.5, 0.6) is 5.75 Å². The number of amides is 1. The molecule has 1 fully saturated rings. The lowest BCUT2D eigenvalue weighted by Crippen LogP contribution is -2.48. The Balaban J connectivity index is 0.00000324. The van der Waals surface area contributed by atoms with Crippen molar-refractivity contribution in [1.29, 1.82) is 0 Å². The zero-order chi connectivity index (χ0) is 23.7. The minimum absolute atomic E-state index is 0. The molecule has 4 rings (SSSR count). The number of nitro benzene ring substituents is 1. The van der Waals surface area contributed by atoms with Crippen LogP contribution in [-0.4, -0.2) is 53.9 Å². The molecule has 2 atom stereocenters. The fourth-order valence-corrected chi connectivity index (χ4v) is 5.54. The van der Waals surface area contributed by atoms with Gasteiger partial charge in [0.2, 0.25) is 5.91 Å². The van der Waals surface area contributed by atoms with Gasteiger partial charge in [-0.25, -0.2) is 0 Å². The number of ether oxygens (including phenoxy) is 1. The molecule has 0 radical (unpaired) electrons. The molecule has 0 saturated carbocycles. The van der Waals surface area contributed by atoms with Crippen LogP contribution in [-0.2, 0) is 17.6 Å². The van der Waals surface area contributed by atoms with Crippen molar-refractivity contribution in [3.8, 4) is 5.75 Å². The summed E-state index contributed by atoms with van der Waals surface area (Å²) in [4.78, 5) is 28.8. The van der Waals surface area contributed by atoms with E-state index in [2.05, 4.69) is 4.90 Å². The molecule has 2 aliphatic rings. The third-order valence-electron chi connectivity index (χ3n) is 6.81. The minimum atomic E-state index is -0.417. The van der Waals surface area contributed by atoms with Gasteiger partial charge in [0.05, 0.1) is 34.5 Å². The van der Waals surface area contributed by atoms with Crippen LogP contribution in [0.15, 0.2) is 30.3 Å². The number of nitro groups is 1. The van der Waals surface area contributed by atoms with Gasteiger partial charge in [0.25, 0.3) is 0 Å². The molecule has 0 N–H and O–H groups in total. The number of rotatable bonds is 6. The van der Waals surface area contributed by atoms with E-state index in [1.165, 1.54) is 13.2 Å². The topological polar surface area (TPSA) is 75.9 Å². The van der Waals surface area contributed by atoms with Crippen LogP contribution < -0.4 is 4.74 Å². The first-order chi connectivity index (χ1) is 15.8. The van der Waals surface area contributed by atoms with E-state index in [4.69, 9.17) is 27.9 Å². The van der Waals surface area contributed by atoms with Crippen LogP contribution in [0.1, 0.15) is 42.0 Å². The van der Waals surface area contributed by atoms with Crippen molar-refractivity contribution < 1.29 is 14.5 Å². The summed E-state index contributed by atoms with van der Waals surface area (Å²) in [5.41, 5.74) is 2.49. The molecule has 184 valence electrons. The van der Waals surface area contributed by atoms with Crippen LogP contribution in [0.2, 0.25) is 10.0 Å². The SMILES string of the molecule is COc1c([N+](=O)[O-])ccc2c1CC[C@H](N1CCCC1)[C@H]2N(C)C(=O)Cc1ccc(Cl)c(Cl)c1.Cl. The zero-order valence-corrected chi connectivity index (χ0v) is 21.5. The lowest BCUT2D eigenvalue weighted by atomic mass is 9.81. The molecule has 1 aliphatic heterocycles. The molecule has 1 amide bonds. The Morgan fingerprint density at radius 1 is 1.21 bits per heavy atom. The van der Waals surface area contributed by atoms with Gasteiger partial charge in [0.15, 0.2) is 5.75 Å². The van der Waals surface area contributed by atoms with Crippen LogP contribution in [0.25, 0.3) is 0 Å². The predicted octanol–water partition coefficient (Wildman–Crippen LogP) is 5.48. The van der Waals surface area contributed by atoms with Crippen molar-refractivity contribution in [2.45, 2.75) is 44.2 Å². The van der Waals surface area contributed by atoms with Crippen molar-refractivity contribution in [1.82, 2.24) is 9.80 Å². The number of carbonyl (C=O) groups is 1. The molecule has 0 spiro atoms. The Kier molecular flexibility index (Phi) is 8.68. The standard InChI is InChI=1S/C24H27Cl2N3O4.ClH/c1-27(22(30)14-15-5-8-18(25)19(26)13-15)23-16-6-10-21(29(31)32)24(33-2)17(16)7-9-20(23)28-11-3-4-12-28;/h5-6,8,10,13,20,23H,3-4,7,9,11-12,14H2,1-2H3;1H/t20-,23-;/m0./s1. The lowest BCUT2D eigenvalue weighted by molar-refractivity contribution is -0.385. The fraction of sp³-hybridized carbons (Fsp3) is 0.458. The highest BCUT2D eigenvalue weighted by molar-refractivity contribution is 6.42. The Morgan fingerprint density at radius 3 is 2.53 bits per heavy atom. The van der Waals surface area contributed by atoms with Crippen LogP contribution in [0.4, 0.5) is 5.69 Å². The van der Waals surface area contributed by atoms with Gasteiger partial charge >= 0.3 is 5.69 Å². The highest BCUT2D eigenvalue weighted by atomic mass is 35.5. The van der Waals surface area contributed by atoms with Crippen LogP contribution in [0, 0.1) is 10.1 Å². The molecule has 1 heterocycles. The number of likely N-dealkylation sites (N-methyl/N-ethyl adjacent to an activating group) is 1. The van der Waals surface area contributed by atoms with E-state index in [0.717, 1.165) is 49.0 Å². The van der Waals surface area contributed by atoms with E-state index in [-0.39, 0.29) is 42.5 Å². The molecule has 1 aliphatic carbocycles. The summed E-state index contributed by atoms with van der Waals surface area (Å²) in [7, 11) is 3.28. The number of likely N-dealkylation sites (tertiary alicyclic amines) is 1. The number of fused-ring (bicyclic) bond motifs is 1. The number of hydrogen-bond acceptors (Lipinski definition) is 5. The summed E-state index contributed by atoms with van der Waals surface area (Å²) in [5, 5.41) is 12.4. The van der Waals surface area contributed by atoms with Crippen molar-refractivity contribution in [3.63, 3.8) is 0 Å². The maximum absolute atomic E-state index is 13.4. The summed E-state index contributed by atoms with van der Waals surface area (Å²) < 4.78 is 5.49. The van der Waals surface area contributed by atoms with E-state index < -0.39 is 4.92 Å². The second kappa shape index (κ2) is 11.1. The molecule has 2 aromatic carbocycles. The van der Waals surface area contributed by atoms with Gasteiger partial charge < -0.3 is 9.64 Å². The number of benzene rings is 2. The summed E-state index contributed by atoms with van der Waals surface area (Å²) in [6.07, 6.45) is 3.95. The third-order valence-corrected chi connectivity index (χ3v) is 7.55. The van der Waals surface area contributed by atoms with E-state index in [1.807, 2.05) is 7.05 Å². The molecule has 0 unspecified atom stereocenters. The molecular weight excluding hydrogens is 501 g/mol. The van der Waals surface area contributed by atoms with E-state index in [9.17, 15) is 14.9 Å². The van der Waals surface area contributed by atoms with E-state index in [0.29, 0.717) is 22.2 Å². The Labute approximate surface area is 215 Å². The van der Waals surface area contributed by atoms with Gasteiger partial charge in [0.1, 0.15) is 0 Å². The highest BCUT2D eigenvalue weighted by Gasteiger charge is 2.41. The summed E-state index contributed by atoms with van der Waals surface area (Å²) >= 11 is 12.2. The Bertz CT molecular complexity index is 1080. The first-order valence-corrected chi connectivity index (χ1v) is 11.8. The highest BCUT2D eigenvalue weighted by Crippen LogP contribution is 2.44. The maximum Gasteiger partial charge on any atom is 0.311 e. The number of nitrogens with zero attached hydrogens (tertiary/aromatic N) is 3. The number of methoxy groups -OCH3 is 1. The maximum atomic E-state index is 13.4. The smallest absolute Gasteiger partial charge is 0.311 e. The van der Waals surface area contributed by atoms with Crippen molar-refractivity contribution in [2.24, 2.45) is 0 Å². The van der Waals surface area contributed by atoms with E-state index in [1.54, 1.807) is 29.2 Å². The van der Waals surface area contributed by atoms with Gasteiger partial charge in [-0.1, -0.05) is 29.3 Å².